The van der Waals surface area contributed by atoms with E-state index in [0.29, 0.717) is 18.9 Å². The molecule has 1 amide bonds. The Balaban J connectivity index is 1.55. The molecule has 196 valence electrons. The zero-order chi connectivity index (χ0) is 26.2. The molecule has 0 aliphatic carbocycles. The lowest BCUT2D eigenvalue weighted by molar-refractivity contribution is -0.0209. The molecule has 12 nitrogen and oxygen atoms in total. The van der Waals surface area contributed by atoms with Crippen molar-refractivity contribution in [1.29, 1.82) is 0 Å². The van der Waals surface area contributed by atoms with Gasteiger partial charge in [0.05, 0.1) is 26.0 Å². The predicted molar refractivity (Wildman–Crippen MR) is 133 cm³/mol. The molecule has 3 aliphatic rings. The number of pyridine rings is 1. The number of hydrogen-bond acceptors (Lipinski definition) is 11. The Bertz CT molecular complexity index is 1420. The van der Waals surface area contributed by atoms with Gasteiger partial charge in [-0.25, -0.2) is 14.8 Å². The Morgan fingerprint density at radius 2 is 2.08 bits per heavy atom. The fraction of sp³-hybridized carbons (Fsp3) is 0.320. The zero-order valence-corrected chi connectivity index (χ0v) is 21.1. The van der Waals surface area contributed by atoms with E-state index in [0.717, 1.165) is 28.8 Å². The van der Waals surface area contributed by atoms with Gasteiger partial charge in [-0.1, -0.05) is 18.2 Å². The van der Waals surface area contributed by atoms with Crippen LogP contribution in [0.4, 0.5) is 4.79 Å². The lowest BCUT2D eigenvalue weighted by Gasteiger charge is -2.51. The summed E-state index contributed by atoms with van der Waals surface area (Å²) in [6.07, 6.45) is 3.42. The van der Waals surface area contributed by atoms with Gasteiger partial charge in [0.15, 0.2) is 5.69 Å². The Kier molecular flexibility index (Phi) is 6.37. The van der Waals surface area contributed by atoms with E-state index < -0.39 is 30.6 Å². The molecule has 0 saturated carbocycles. The van der Waals surface area contributed by atoms with E-state index in [1.54, 1.807) is 33.7 Å². The van der Waals surface area contributed by atoms with Crippen LogP contribution >= 0.6 is 11.8 Å². The Hall–Kier alpha value is -4.10. The number of ether oxygens (including phenoxy) is 4. The molecular formula is C25H23N5O7S. The summed E-state index contributed by atoms with van der Waals surface area (Å²) in [7, 11) is 1.16. The number of methoxy groups -OCH3 is 1. The number of thioether (sulfide) groups is 1. The topological polar surface area (TPSA) is 125 Å². The van der Waals surface area contributed by atoms with Gasteiger partial charge in [-0.3, -0.25) is 19.3 Å². The van der Waals surface area contributed by atoms with Crippen LogP contribution in [-0.4, -0.2) is 71.4 Å². The Morgan fingerprint density at radius 3 is 2.95 bits per heavy atom. The summed E-state index contributed by atoms with van der Waals surface area (Å²) >= 11 is 1.68. The van der Waals surface area contributed by atoms with E-state index in [1.165, 1.54) is 12.4 Å². The highest BCUT2D eigenvalue weighted by atomic mass is 32.2. The van der Waals surface area contributed by atoms with Gasteiger partial charge < -0.3 is 23.8 Å². The van der Waals surface area contributed by atoms with Crippen molar-refractivity contribution in [2.45, 2.75) is 22.9 Å². The number of carbonyl (C=O) groups excluding carboxylic acids is 2. The van der Waals surface area contributed by atoms with Crippen LogP contribution < -0.4 is 15.2 Å². The second-order valence-electron chi connectivity index (χ2n) is 8.65. The number of aromatic nitrogens is 3. The molecule has 0 radical (unpaired) electrons. The molecule has 3 aliphatic heterocycles. The number of amides is 1. The van der Waals surface area contributed by atoms with Crippen molar-refractivity contribution in [3.8, 4) is 5.75 Å². The third kappa shape index (κ3) is 4.03. The maximum atomic E-state index is 13.8. The van der Waals surface area contributed by atoms with Crippen LogP contribution in [0.5, 0.6) is 5.75 Å². The summed E-state index contributed by atoms with van der Waals surface area (Å²) in [6.45, 7) is 0.333. The van der Waals surface area contributed by atoms with E-state index in [1.807, 2.05) is 23.2 Å². The molecule has 1 saturated heterocycles. The SMILES string of the molecule is COC(=O)OCOc1c2n(ccc1=O)N([C@@H]1c3ccccc3SCc3ncncc31)[C@@H]1COCCN1C2=O. The molecule has 0 spiro atoms. The molecule has 3 aromatic rings. The van der Waals surface area contributed by atoms with E-state index >= 15 is 0 Å². The van der Waals surface area contributed by atoms with Crippen molar-refractivity contribution in [1.82, 2.24) is 19.5 Å². The minimum atomic E-state index is -0.972. The third-order valence-electron chi connectivity index (χ3n) is 6.67. The fourth-order valence-corrected chi connectivity index (χ4v) is 6.06. The van der Waals surface area contributed by atoms with Gasteiger partial charge in [0.1, 0.15) is 18.5 Å². The van der Waals surface area contributed by atoms with Crippen LogP contribution in [0, 0.1) is 0 Å². The molecule has 0 bridgehead atoms. The first-order valence-corrected chi connectivity index (χ1v) is 12.8. The summed E-state index contributed by atoms with van der Waals surface area (Å²) in [5.41, 5.74) is 2.26. The summed E-state index contributed by atoms with van der Waals surface area (Å²) in [6, 6.07) is 8.95. The number of fused-ring (bicyclic) bond motifs is 4. The van der Waals surface area contributed by atoms with Crippen molar-refractivity contribution in [2.75, 3.05) is 38.7 Å². The number of carbonyl (C=O) groups is 2. The van der Waals surface area contributed by atoms with Gasteiger partial charge >= 0.3 is 6.16 Å². The van der Waals surface area contributed by atoms with Crippen LogP contribution in [-0.2, 0) is 20.0 Å². The van der Waals surface area contributed by atoms with E-state index in [4.69, 9.17) is 14.2 Å². The smallest absolute Gasteiger partial charge is 0.451 e. The third-order valence-corrected chi connectivity index (χ3v) is 7.77. The van der Waals surface area contributed by atoms with Crippen LogP contribution in [0.2, 0.25) is 0 Å². The van der Waals surface area contributed by atoms with E-state index in [-0.39, 0.29) is 24.0 Å². The molecule has 1 aromatic carbocycles. The van der Waals surface area contributed by atoms with Crippen molar-refractivity contribution < 1.29 is 28.5 Å². The molecule has 1 fully saturated rings. The van der Waals surface area contributed by atoms with E-state index in [9.17, 15) is 14.4 Å². The molecule has 5 heterocycles. The van der Waals surface area contributed by atoms with Crippen LogP contribution in [0.3, 0.4) is 0 Å². The van der Waals surface area contributed by atoms with Gasteiger partial charge in [-0.2, -0.15) is 0 Å². The monoisotopic (exact) mass is 537 g/mol. The Morgan fingerprint density at radius 1 is 1.21 bits per heavy atom. The van der Waals surface area contributed by atoms with Gasteiger partial charge in [0, 0.05) is 41.2 Å². The minimum Gasteiger partial charge on any atom is -0.451 e. The first kappa shape index (κ1) is 24.2. The van der Waals surface area contributed by atoms with Crippen molar-refractivity contribution in [3.63, 3.8) is 0 Å². The van der Waals surface area contributed by atoms with Gasteiger partial charge in [0.25, 0.3) is 5.91 Å². The van der Waals surface area contributed by atoms with E-state index in [2.05, 4.69) is 20.8 Å². The summed E-state index contributed by atoms with van der Waals surface area (Å²) in [4.78, 5) is 49.8. The van der Waals surface area contributed by atoms with Gasteiger partial charge in [-0.15, -0.1) is 11.8 Å². The summed E-state index contributed by atoms with van der Waals surface area (Å²) in [5, 5.41) is 2.01. The average molecular weight is 538 g/mol. The van der Waals surface area contributed by atoms with Gasteiger partial charge in [0.2, 0.25) is 18.0 Å². The molecule has 13 heteroatoms. The van der Waals surface area contributed by atoms with Crippen LogP contribution in [0.25, 0.3) is 0 Å². The first-order chi connectivity index (χ1) is 18.6. The number of benzene rings is 1. The number of hydrogen-bond donors (Lipinski definition) is 0. The van der Waals surface area contributed by atoms with Crippen LogP contribution in [0.15, 0.2) is 58.7 Å². The maximum absolute atomic E-state index is 13.8. The van der Waals surface area contributed by atoms with Crippen molar-refractivity contribution >= 4 is 23.8 Å². The number of nitrogens with zero attached hydrogens (tertiary/aromatic N) is 5. The second kappa shape index (κ2) is 9.99. The molecule has 0 N–H and O–H groups in total. The average Bonchev–Trinajstić information content (AvgIpc) is 3.11. The number of rotatable bonds is 4. The lowest BCUT2D eigenvalue weighted by Crippen LogP contribution is -2.66. The summed E-state index contributed by atoms with van der Waals surface area (Å²) < 4.78 is 22.3. The molecule has 2 aromatic heterocycles. The highest BCUT2D eigenvalue weighted by molar-refractivity contribution is 7.98. The van der Waals surface area contributed by atoms with Crippen LogP contribution in [0.1, 0.15) is 33.4 Å². The highest BCUT2D eigenvalue weighted by Gasteiger charge is 2.46. The standard InChI is InChI=1S/C25H23N5O7S/c1-34-25(33)37-14-36-23-18(31)6-7-29-22(23)24(32)28-8-9-35-11-20(28)30(29)21-15-4-2-3-5-19(15)38-12-17-16(21)10-26-13-27-17/h2-7,10,13,20-21H,8-9,11-12,14H2,1H3/t20-,21-/m1/s1. The minimum absolute atomic E-state index is 0.0249. The Labute approximate surface area is 221 Å². The van der Waals surface area contributed by atoms with Crippen molar-refractivity contribution in [2.24, 2.45) is 0 Å². The van der Waals surface area contributed by atoms with Crippen molar-refractivity contribution in [3.05, 3.63) is 81.8 Å². The second-order valence-corrected chi connectivity index (χ2v) is 9.67. The van der Waals surface area contributed by atoms with Gasteiger partial charge in [-0.05, 0) is 11.6 Å². The highest BCUT2D eigenvalue weighted by Crippen LogP contribution is 2.43. The first-order valence-electron chi connectivity index (χ1n) is 11.9. The molecule has 38 heavy (non-hydrogen) atoms. The number of morpholine rings is 1. The maximum Gasteiger partial charge on any atom is 0.510 e. The fourth-order valence-electron chi connectivity index (χ4n) is 5.01. The predicted octanol–water partition coefficient (Wildman–Crippen LogP) is 1.90. The lowest BCUT2D eigenvalue weighted by atomic mass is 9.97. The molecule has 0 unspecified atom stereocenters. The summed E-state index contributed by atoms with van der Waals surface area (Å²) in [5.74, 6) is 0.0394. The quantitative estimate of drug-likeness (QED) is 0.358. The largest absolute Gasteiger partial charge is 0.510 e. The molecule has 6 rings (SSSR count). The normalized spacial score (nSPS) is 19.9. The zero-order valence-electron chi connectivity index (χ0n) is 20.3. The molecular weight excluding hydrogens is 514 g/mol. The molecule has 2 atom stereocenters.